The van der Waals surface area contributed by atoms with Gasteiger partial charge in [0.25, 0.3) is 0 Å². The van der Waals surface area contributed by atoms with Crippen molar-refractivity contribution in [3.05, 3.63) is 63.6 Å². The van der Waals surface area contributed by atoms with E-state index in [1.165, 1.54) is 0 Å². The van der Waals surface area contributed by atoms with E-state index in [-0.39, 0.29) is 6.10 Å². The lowest BCUT2D eigenvalue weighted by Crippen LogP contribution is -2.10. The zero-order chi connectivity index (χ0) is 15.4. The lowest BCUT2D eigenvalue weighted by molar-refractivity contribution is 0.166. The van der Waals surface area contributed by atoms with Crippen LogP contribution in [0.15, 0.2) is 42.5 Å². The second kappa shape index (κ2) is 7.17. The molecule has 1 atom stereocenters. The first-order chi connectivity index (χ1) is 9.97. The molecule has 0 aliphatic carbocycles. The van der Waals surface area contributed by atoms with Crippen molar-refractivity contribution in [3.63, 3.8) is 0 Å². The maximum absolute atomic E-state index is 10.5. The summed E-state index contributed by atoms with van der Waals surface area (Å²) in [5.74, 6) is 0.708. The van der Waals surface area contributed by atoms with Gasteiger partial charge in [-0.25, -0.2) is 0 Å². The van der Waals surface area contributed by atoms with Crippen molar-refractivity contribution >= 4 is 23.2 Å². The minimum atomic E-state index is -0.655. The number of rotatable bonds is 5. The van der Waals surface area contributed by atoms with Crippen LogP contribution < -0.4 is 4.74 Å². The van der Waals surface area contributed by atoms with Gasteiger partial charge in [0.1, 0.15) is 5.75 Å². The topological polar surface area (TPSA) is 29.5 Å². The van der Waals surface area contributed by atoms with Crippen molar-refractivity contribution in [3.8, 4) is 5.75 Å². The Morgan fingerprint density at radius 1 is 1.05 bits per heavy atom. The highest BCUT2D eigenvalue weighted by Crippen LogP contribution is 2.30. The second-order valence-electron chi connectivity index (χ2n) is 5.17. The Bertz CT molecular complexity index is 611. The summed E-state index contributed by atoms with van der Waals surface area (Å²) in [6.07, 6.45) is -0.143. The summed E-state index contributed by atoms with van der Waals surface area (Å²) in [4.78, 5) is 0. The predicted octanol–water partition coefficient (Wildman–Crippen LogP) is 5.06. The van der Waals surface area contributed by atoms with Crippen LogP contribution in [0, 0.1) is 0 Å². The van der Waals surface area contributed by atoms with E-state index in [0.717, 1.165) is 11.1 Å². The van der Waals surface area contributed by atoms with Crippen LogP contribution in [0.1, 0.15) is 31.1 Å². The Balaban J connectivity index is 2.19. The van der Waals surface area contributed by atoms with E-state index < -0.39 is 6.10 Å². The molecule has 0 spiro atoms. The molecule has 1 unspecified atom stereocenters. The molecule has 2 nitrogen and oxygen atoms in total. The molecule has 0 saturated heterocycles. The fraction of sp³-hybridized carbons (Fsp3) is 0.294. The second-order valence-corrected chi connectivity index (χ2v) is 5.99. The van der Waals surface area contributed by atoms with Crippen LogP contribution in [-0.2, 0) is 6.42 Å². The molecule has 0 aliphatic rings. The molecule has 0 amide bonds. The van der Waals surface area contributed by atoms with E-state index in [4.69, 9.17) is 27.9 Å². The lowest BCUT2D eigenvalue weighted by atomic mass is 10.0. The molecule has 0 radical (unpaired) electrons. The first kappa shape index (κ1) is 16.2. The number of para-hydroxylation sites is 1. The number of halogens is 2. The first-order valence-corrected chi connectivity index (χ1v) is 7.60. The average Bonchev–Trinajstić information content (AvgIpc) is 2.43. The SMILES string of the molecule is CC(C)Oc1ccccc1C(O)Cc1ccc(Cl)c(Cl)c1. The Kier molecular flexibility index (Phi) is 5.51. The number of benzene rings is 2. The zero-order valence-corrected chi connectivity index (χ0v) is 13.5. The molecule has 4 heteroatoms. The van der Waals surface area contributed by atoms with Gasteiger partial charge in [-0.3, -0.25) is 0 Å². The van der Waals surface area contributed by atoms with Crippen LogP contribution in [0.4, 0.5) is 0 Å². The van der Waals surface area contributed by atoms with Gasteiger partial charge in [0.05, 0.1) is 22.3 Å². The highest BCUT2D eigenvalue weighted by atomic mass is 35.5. The smallest absolute Gasteiger partial charge is 0.125 e. The molecule has 0 heterocycles. The van der Waals surface area contributed by atoms with Crippen LogP contribution in [0.25, 0.3) is 0 Å². The molecule has 2 aromatic carbocycles. The predicted molar refractivity (Wildman–Crippen MR) is 87.3 cm³/mol. The highest BCUT2D eigenvalue weighted by Gasteiger charge is 2.15. The Morgan fingerprint density at radius 2 is 1.76 bits per heavy atom. The zero-order valence-electron chi connectivity index (χ0n) is 12.0. The van der Waals surface area contributed by atoms with Gasteiger partial charge >= 0.3 is 0 Å². The third kappa shape index (κ3) is 4.37. The number of hydrogen-bond acceptors (Lipinski definition) is 2. The fourth-order valence-electron chi connectivity index (χ4n) is 2.12. The summed E-state index contributed by atoms with van der Waals surface area (Å²) in [7, 11) is 0. The van der Waals surface area contributed by atoms with Gasteiger partial charge in [-0.1, -0.05) is 47.5 Å². The van der Waals surface area contributed by atoms with E-state index in [1.54, 1.807) is 12.1 Å². The summed E-state index contributed by atoms with van der Waals surface area (Å²) >= 11 is 11.9. The van der Waals surface area contributed by atoms with E-state index in [2.05, 4.69) is 0 Å². The monoisotopic (exact) mass is 324 g/mol. The van der Waals surface area contributed by atoms with Gasteiger partial charge in [-0.15, -0.1) is 0 Å². The molecular formula is C17H18Cl2O2. The van der Waals surface area contributed by atoms with Crippen molar-refractivity contribution in [1.29, 1.82) is 0 Å². The van der Waals surface area contributed by atoms with Gasteiger partial charge in [-0.05, 0) is 37.6 Å². The minimum Gasteiger partial charge on any atom is -0.491 e. The maximum Gasteiger partial charge on any atom is 0.125 e. The first-order valence-electron chi connectivity index (χ1n) is 6.85. The molecule has 0 bridgehead atoms. The summed E-state index contributed by atoms with van der Waals surface area (Å²) in [5.41, 5.74) is 1.70. The van der Waals surface area contributed by atoms with Gasteiger partial charge < -0.3 is 9.84 Å². The molecular weight excluding hydrogens is 307 g/mol. The van der Waals surface area contributed by atoms with Crippen molar-refractivity contribution in [2.24, 2.45) is 0 Å². The van der Waals surface area contributed by atoms with Gasteiger partial charge in [0.2, 0.25) is 0 Å². The van der Waals surface area contributed by atoms with Crippen LogP contribution in [0.5, 0.6) is 5.75 Å². The molecule has 21 heavy (non-hydrogen) atoms. The summed E-state index contributed by atoms with van der Waals surface area (Å²) in [6, 6.07) is 12.9. The molecule has 1 N–H and O–H groups in total. The Morgan fingerprint density at radius 3 is 2.43 bits per heavy atom. The fourth-order valence-corrected chi connectivity index (χ4v) is 2.44. The van der Waals surface area contributed by atoms with Crippen molar-refractivity contribution in [1.82, 2.24) is 0 Å². The van der Waals surface area contributed by atoms with Crippen molar-refractivity contribution < 1.29 is 9.84 Å². The number of ether oxygens (including phenoxy) is 1. The van der Waals surface area contributed by atoms with E-state index >= 15 is 0 Å². The quantitative estimate of drug-likeness (QED) is 0.833. The molecule has 0 fully saturated rings. The molecule has 0 saturated carbocycles. The van der Waals surface area contributed by atoms with E-state index in [0.29, 0.717) is 22.2 Å². The van der Waals surface area contributed by atoms with Crippen molar-refractivity contribution in [2.75, 3.05) is 0 Å². The van der Waals surface area contributed by atoms with Crippen LogP contribution in [0.3, 0.4) is 0 Å². The Labute approximate surface area is 135 Å². The number of hydrogen-bond donors (Lipinski definition) is 1. The minimum absolute atomic E-state index is 0.0586. The molecule has 2 rings (SSSR count). The summed E-state index contributed by atoms with van der Waals surface area (Å²) in [6.45, 7) is 3.92. The maximum atomic E-state index is 10.5. The largest absolute Gasteiger partial charge is 0.491 e. The Hall–Kier alpha value is -1.22. The normalized spacial score (nSPS) is 12.5. The van der Waals surface area contributed by atoms with Crippen LogP contribution in [0.2, 0.25) is 10.0 Å². The third-order valence-electron chi connectivity index (χ3n) is 3.05. The summed E-state index contributed by atoms with van der Waals surface area (Å²) in [5, 5.41) is 11.5. The molecule has 112 valence electrons. The van der Waals surface area contributed by atoms with E-state index in [1.807, 2.05) is 44.2 Å². The average molecular weight is 325 g/mol. The molecule has 0 aromatic heterocycles. The van der Waals surface area contributed by atoms with Crippen LogP contribution in [-0.4, -0.2) is 11.2 Å². The molecule has 2 aromatic rings. The van der Waals surface area contributed by atoms with Crippen molar-refractivity contribution in [2.45, 2.75) is 32.5 Å². The van der Waals surface area contributed by atoms with Gasteiger partial charge in [0.15, 0.2) is 0 Å². The van der Waals surface area contributed by atoms with Crippen LogP contribution >= 0.6 is 23.2 Å². The number of aliphatic hydroxyl groups excluding tert-OH is 1. The summed E-state index contributed by atoms with van der Waals surface area (Å²) < 4.78 is 5.74. The highest BCUT2D eigenvalue weighted by molar-refractivity contribution is 6.42. The lowest BCUT2D eigenvalue weighted by Gasteiger charge is -2.18. The van der Waals surface area contributed by atoms with Gasteiger partial charge in [-0.2, -0.15) is 0 Å². The standard InChI is InChI=1S/C17H18Cl2O2/c1-11(2)21-17-6-4-3-5-13(17)16(20)10-12-7-8-14(18)15(19)9-12/h3-9,11,16,20H,10H2,1-2H3. The van der Waals surface area contributed by atoms with E-state index in [9.17, 15) is 5.11 Å². The van der Waals surface area contributed by atoms with Gasteiger partial charge in [0, 0.05) is 12.0 Å². The third-order valence-corrected chi connectivity index (χ3v) is 3.79. The molecule has 0 aliphatic heterocycles. The number of aliphatic hydroxyl groups is 1.